The van der Waals surface area contributed by atoms with Gasteiger partial charge in [0.15, 0.2) is 0 Å². The van der Waals surface area contributed by atoms with Crippen molar-refractivity contribution in [3.63, 3.8) is 0 Å². The van der Waals surface area contributed by atoms with Gasteiger partial charge in [-0.05, 0) is 67.8 Å². The average Bonchev–Trinajstić information content (AvgIpc) is 3.02. The zero-order valence-electron chi connectivity index (χ0n) is 25.5. The Hall–Kier alpha value is -3.85. The Morgan fingerprint density at radius 1 is 0.844 bits per heavy atom. The topological polar surface area (TPSA) is 86.8 Å². The van der Waals surface area contributed by atoms with Gasteiger partial charge < -0.3 is 10.2 Å². The number of rotatable bonds is 13. The molecule has 4 aromatic rings. The Kier molecular flexibility index (Phi) is 11.7. The normalized spacial score (nSPS) is 12.6. The summed E-state index contributed by atoms with van der Waals surface area (Å²) in [6.45, 7) is 5.14. The summed E-state index contributed by atoms with van der Waals surface area (Å²) in [5.41, 5.74) is 2.58. The van der Waals surface area contributed by atoms with E-state index in [2.05, 4.69) is 5.32 Å². The van der Waals surface area contributed by atoms with Crippen molar-refractivity contribution in [3.8, 4) is 0 Å². The molecule has 0 heterocycles. The number of anilines is 1. The van der Waals surface area contributed by atoms with Crippen LogP contribution in [0, 0.1) is 6.92 Å². The molecule has 0 aliphatic heterocycles. The number of amides is 2. The maximum absolute atomic E-state index is 14.5. The first-order chi connectivity index (χ1) is 21.5. The number of nitrogens with zero attached hydrogens (tertiary/aromatic N) is 2. The fraction of sp³-hybridized carbons (Fsp3) is 0.257. The Bertz CT molecular complexity index is 1720. The Morgan fingerprint density at radius 3 is 2.13 bits per heavy atom. The van der Waals surface area contributed by atoms with Crippen molar-refractivity contribution in [2.45, 2.75) is 57.1 Å². The molecular formula is C35H37Cl2N3O4S. The van der Waals surface area contributed by atoms with Gasteiger partial charge in [-0.2, -0.15) is 0 Å². The predicted octanol–water partition coefficient (Wildman–Crippen LogP) is 7.05. The van der Waals surface area contributed by atoms with Crippen LogP contribution in [0.5, 0.6) is 0 Å². The fourth-order valence-corrected chi connectivity index (χ4v) is 6.77. The second-order valence-electron chi connectivity index (χ2n) is 11.0. The van der Waals surface area contributed by atoms with Crippen LogP contribution in [-0.2, 0) is 32.6 Å². The Balaban J connectivity index is 1.82. The van der Waals surface area contributed by atoms with Crippen molar-refractivity contribution in [3.05, 3.63) is 130 Å². The van der Waals surface area contributed by atoms with Crippen LogP contribution in [0.3, 0.4) is 0 Å². The van der Waals surface area contributed by atoms with Gasteiger partial charge in [-0.1, -0.05) is 102 Å². The summed E-state index contributed by atoms with van der Waals surface area (Å²) >= 11 is 12.8. The van der Waals surface area contributed by atoms with Gasteiger partial charge in [0, 0.05) is 24.0 Å². The van der Waals surface area contributed by atoms with Gasteiger partial charge in [0.1, 0.15) is 12.6 Å². The molecule has 0 fully saturated rings. The van der Waals surface area contributed by atoms with E-state index in [1.54, 1.807) is 54.6 Å². The van der Waals surface area contributed by atoms with Gasteiger partial charge in [-0.25, -0.2) is 8.42 Å². The molecule has 10 heteroatoms. The summed E-state index contributed by atoms with van der Waals surface area (Å²) in [6.07, 6.45) is 0.910. The summed E-state index contributed by atoms with van der Waals surface area (Å²) in [4.78, 5) is 29.9. The third-order valence-corrected chi connectivity index (χ3v) is 9.85. The number of benzene rings is 4. The van der Waals surface area contributed by atoms with Gasteiger partial charge in [-0.3, -0.25) is 13.9 Å². The van der Waals surface area contributed by atoms with E-state index in [-0.39, 0.29) is 40.5 Å². The second kappa shape index (κ2) is 15.4. The number of para-hydroxylation sites is 1. The molecule has 0 unspecified atom stereocenters. The van der Waals surface area contributed by atoms with E-state index in [1.165, 1.54) is 17.0 Å². The lowest BCUT2D eigenvalue weighted by atomic mass is 10.0. The van der Waals surface area contributed by atoms with Gasteiger partial charge in [0.25, 0.3) is 10.0 Å². The quantitative estimate of drug-likeness (QED) is 0.166. The monoisotopic (exact) mass is 665 g/mol. The summed E-state index contributed by atoms with van der Waals surface area (Å²) in [5, 5.41) is 3.67. The molecule has 0 aliphatic rings. The molecule has 1 N–H and O–H groups in total. The molecule has 7 nitrogen and oxygen atoms in total. The summed E-state index contributed by atoms with van der Waals surface area (Å²) in [7, 11) is -4.25. The van der Waals surface area contributed by atoms with Crippen molar-refractivity contribution in [1.82, 2.24) is 10.2 Å². The minimum absolute atomic E-state index is 0.0116. The second-order valence-corrected chi connectivity index (χ2v) is 13.7. The van der Waals surface area contributed by atoms with Crippen LogP contribution in [0.25, 0.3) is 0 Å². The van der Waals surface area contributed by atoms with Crippen LogP contribution < -0.4 is 9.62 Å². The summed E-state index contributed by atoms with van der Waals surface area (Å²) in [5.74, 6) is -0.917. The number of hydrogen-bond acceptors (Lipinski definition) is 4. The van der Waals surface area contributed by atoms with Crippen LogP contribution in [-0.4, -0.2) is 43.8 Å². The van der Waals surface area contributed by atoms with Crippen LogP contribution in [0.2, 0.25) is 10.0 Å². The van der Waals surface area contributed by atoms with E-state index in [4.69, 9.17) is 23.2 Å². The minimum atomic E-state index is -4.25. The number of aryl methyl sites for hydroxylation is 1. The van der Waals surface area contributed by atoms with Crippen LogP contribution >= 0.6 is 23.2 Å². The molecule has 2 atom stereocenters. The molecule has 0 bridgehead atoms. The smallest absolute Gasteiger partial charge is 0.264 e. The number of carbonyl (C=O) groups excluding carboxylic acids is 2. The minimum Gasteiger partial charge on any atom is -0.352 e. The molecule has 45 heavy (non-hydrogen) atoms. The SMILES string of the molecule is CC[C@@H](C)NC(=O)[C@@H](Cc1ccccc1)N(Cc1cccc(Cl)c1)C(=O)CN(c1ccccc1Cl)S(=O)(=O)c1ccc(C)cc1. The maximum Gasteiger partial charge on any atom is 0.264 e. The van der Waals surface area contributed by atoms with E-state index < -0.39 is 28.5 Å². The van der Waals surface area contributed by atoms with E-state index in [9.17, 15) is 18.0 Å². The third-order valence-electron chi connectivity index (χ3n) is 7.52. The molecular weight excluding hydrogens is 629 g/mol. The van der Waals surface area contributed by atoms with Gasteiger partial charge >= 0.3 is 0 Å². The highest BCUT2D eigenvalue weighted by Gasteiger charge is 2.35. The fourth-order valence-electron chi connectivity index (χ4n) is 4.83. The molecule has 0 aromatic heterocycles. The maximum atomic E-state index is 14.5. The lowest BCUT2D eigenvalue weighted by Crippen LogP contribution is -2.54. The third kappa shape index (κ3) is 8.87. The number of sulfonamides is 1. The molecule has 4 aromatic carbocycles. The lowest BCUT2D eigenvalue weighted by Gasteiger charge is -2.34. The lowest BCUT2D eigenvalue weighted by molar-refractivity contribution is -0.140. The molecule has 4 rings (SSSR count). The first-order valence-corrected chi connectivity index (χ1v) is 16.9. The number of halogens is 2. The van der Waals surface area contributed by atoms with Crippen molar-refractivity contribution in [2.75, 3.05) is 10.8 Å². The molecule has 0 saturated carbocycles. The van der Waals surface area contributed by atoms with E-state index >= 15 is 0 Å². The van der Waals surface area contributed by atoms with Crippen molar-refractivity contribution < 1.29 is 18.0 Å². The number of carbonyl (C=O) groups is 2. The van der Waals surface area contributed by atoms with Crippen molar-refractivity contribution >= 4 is 50.7 Å². The summed E-state index contributed by atoms with van der Waals surface area (Å²) in [6, 6.07) is 28.2. The van der Waals surface area contributed by atoms with Gasteiger partial charge in [0.2, 0.25) is 11.8 Å². The van der Waals surface area contributed by atoms with E-state index in [0.717, 1.165) is 15.4 Å². The van der Waals surface area contributed by atoms with Gasteiger partial charge in [-0.15, -0.1) is 0 Å². The Morgan fingerprint density at radius 2 is 1.49 bits per heavy atom. The highest BCUT2D eigenvalue weighted by Crippen LogP contribution is 2.31. The average molecular weight is 667 g/mol. The van der Waals surface area contributed by atoms with Gasteiger partial charge in [0.05, 0.1) is 15.6 Å². The number of nitrogens with one attached hydrogen (secondary N) is 1. The number of hydrogen-bond donors (Lipinski definition) is 1. The molecule has 0 radical (unpaired) electrons. The zero-order chi connectivity index (χ0) is 32.6. The molecule has 0 aliphatic carbocycles. The first-order valence-electron chi connectivity index (χ1n) is 14.7. The zero-order valence-corrected chi connectivity index (χ0v) is 27.8. The van der Waals surface area contributed by atoms with Crippen molar-refractivity contribution in [1.29, 1.82) is 0 Å². The highest BCUT2D eigenvalue weighted by atomic mass is 35.5. The van der Waals surface area contributed by atoms with Crippen LogP contribution in [0.15, 0.2) is 108 Å². The predicted molar refractivity (Wildman–Crippen MR) is 181 cm³/mol. The largest absolute Gasteiger partial charge is 0.352 e. The first kappa shape index (κ1) is 34.0. The molecule has 0 spiro atoms. The molecule has 0 saturated heterocycles. The standard InChI is InChI=1S/C35H37Cl2N3O4S/c1-4-26(3)38-35(42)33(22-27-11-6-5-7-12-27)39(23-28-13-10-14-29(36)21-28)34(41)24-40(32-16-9-8-15-31(32)37)45(43,44)30-19-17-25(2)18-20-30/h5-21,26,33H,4,22-24H2,1-3H3,(H,38,42)/t26-,33-/m1/s1. The molecule has 2 amide bonds. The van der Waals surface area contributed by atoms with Crippen LogP contribution in [0.4, 0.5) is 5.69 Å². The van der Waals surface area contributed by atoms with E-state index in [1.807, 2.05) is 57.2 Å². The Labute approximate surface area is 275 Å². The van der Waals surface area contributed by atoms with E-state index in [0.29, 0.717) is 17.0 Å². The highest BCUT2D eigenvalue weighted by molar-refractivity contribution is 7.92. The summed E-state index contributed by atoms with van der Waals surface area (Å²) < 4.78 is 29.3. The van der Waals surface area contributed by atoms with Crippen LogP contribution in [0.1, 0.15) is 37.0 Å². The van der Waals surface area contributed by atoms with Crippen molar-refractivity contribution in [2.24, 2.45) is 0 Å². The molecule has 236 valence electrons.